The monoisotopic (exact) mass is 460 g/mol. The smallest absolute Gasteiger partial charge is 0.115 e. The standard InChI is InChI=1S/2C12H11NO.Zr/c2*14-12-8-6-11(7-9-12)13-10-4-2-1-3-5-10;/h2*1-9,13-14H;. The number of hydrogen-bond acceptors (Lipinski definition) is 4. The maximum absolute atomic E-state index is 9.09. The van der Waals surface area contributed by atoms with Gasteiger partial charge in [-0.2, -0.15) is 0 Å². The first kappa shape index (κ1) is 22.3. The number of aromatic hydroxyl groups is 2. The van der Waals surface area contributed by atoms with Crippen molar-refractivity contribution in [1.29, 1.82) is 0 Å². The summed E-state index contributed by atoms with van der Waals surface area (Å²) in [4.78, 5) is 0. The molecule has 0 bridgehead atoms. The summed E-state index contributed by atoms with van der Waals surface area (Å²) >= 11 is 0. The first-order valence-electron chi connectivity index (χ1n) is 8.91. The van der Waals surface area contributed by atoms with Gasteiger partial charge in [0.25, 0.3) is 0 Å². The van der Waals surface area contributed by atoms with Gasteiger partial charge >= 0.3 is 0 Å². The molecule has 144 valence electrons. The Balaban J connectivity index is 0.000000200. The summed E-state index contributed by atoms with van der Waals surface area (Å²) in [5.74, 6) is 0.562. The largest absolute Gasteiger partial charge is 0.508 e. The molecule has 4 nitrogen and oxygen atoms in total. The Labute approximate surface area is 190 Å². The Bertz CT molecular complexity index is 878. The number of benzene rings is 4. The van der Waals surface area contributed by atoms with Crippen LogP contribution in [0.2, 0.25) is 0 Å². The SMILES string of the molecule is Oc1ccc(Nc2ccccc2)cc1.Oc1ccc(Nc2ccccc2)cc1.[Zr]. The van der Waals surface area contributed by atoms with Gasteiger partial charge in [0.05, 0.1) is 0 Å². The van der Waals surface area contributed by atoms with Crippen LogP contribution in [0.15, 0.2) is 109 Å². The Kier molecular flexibility index (Phi) is 9.00. The average Bonchev–Trinajstić information content (AvgIpc) is 2.74. The van der Waals surface area contributed by atoms with Crippen molar-refractivity contribution in [3.05, 3.63) is 109 Å². The molecule has 0 aromatic heterocycles. The molecule has 0 unspecified atom stereocenters. The van der Waals surface area contributed by atoms with Crippen LogP contribution in [-0.4, -0.2) is 10.2 Å². The fourth-order valence-corrected chi connectivity index (χ4v) is 2.47. The predicted octanol–water partition coefficient (Wildman–Crippen LogP) is 6.27. The first-order valence-corrected chi connectivity index (χ1v) is 8.91. The molecule has 4 rings (SSSR count). The van der Waals surface area contributed by atoms with Crippen LogP contribution >= 0.6 is 0 Å². The molecule has 0 saturated heterocycles. The zero-order chi connectivity index (χ0) is 19.6. The predicted molar refractivity (Wildman–Crippen MR) is 116 cm³/mol. The number of hydrogen-bond donors (Lipinski definition) is 4. The summed E-state index contributed by atoms with van der Waals surface area (Å²) in [5, 5.41) is 24.6. The number of phenols is 2. The topological polar surface area (TPSA) is 64.5 Å². The van der Waals surface area contributed by atoms with E-state index in [1.807, 2.05) is 84.9 Å². The van der Waals surface area contributed by atoms with Crippen molar-refractivity contribution in [1.82, 2.24) is 0 Å². The summed E-state index contributed by atoms with van der Waals surface area (Å²) in [6, 6.07) is 33.8. The van der Waals surface area contributed by atoms with Gasteiger partial charge in [-0.15, -0.1) is 0 Å². The molecule has 29 heavy (non-hydrogen) atoms. The van der Waals surface area contributed by atoms with Crippen molar-refractivity contribution in [3.63, 3.8) is 0 Å². The molecule has 0 saturated carbocycles. The van der Waals surface area contributed by atoms with E-state index in [-0.39, 0.29) is 37.7 Å². The normalized spacial score (nSPS) is 9.38. The molecular formula is C24H22N2O2Zr. The molecule has 0 atom stereocenters. The Morgan fingerprint density at radius 1 is 0.379 bits per heavy atom. The van der Waals surface area contributed by atoms with E-state index >= 15 is 0 Å². The van der Waals surface area contributed by atoms with Gasteiger partial charge in [-0.05, 0) is 72.8 Å². The van der Waals surface area contributed by atoms with Gasteiger partial charge in [-0.25, -0.2) is 0 Å². The van der Waals surface area contributed by atoms with Gasteiger partial charge in [-0.3, -0.25) is 0 Å². The molecule has 0 aliphatic carbocycles. The van der Waals surface area contributed by atoms with Crippen molar-refractivity contribution < 1.29 is 36.4 Å². The fraction of sp³-hybridized carbons (Fsp3) is 0. The molecule has 0 fully saturated rings. The van der Waals surface area contributed by atoms with Crippen LogP contribution < -0.4 is 10.6 Å². The van der Waals surface area contributed by atoms with Crippen LogP contribution in [0.1, 0.15) is 0 Å². The summed E-state index contributed by atoms with van der Waals surface area (Å²) in [7, 11) is 0. The van der Waals surface area contributed by atoms with E-state index in [0.717, 1.165) is 22.7 Å². The second-order valence-corrected chi connectivity index (χ2v) is 6.08. The van der Waals surface area contributed by atoms with Gasteiger partial charge in [-0.1, -0.05) is 36.4 Å². The maximum atomic E-state index is 9.09. The van der Waals surface area contributed by atoms with Crippen LogP contribution in [0, 0.1) is 0 Å². The minimum atomic E-state index is 0. The van der Waals surface area contributed by atoms with E-state index in [4.69, 9.17) is 10.2 Å². The van der Waals surface area contributed by atoms with E-state index in [0.29, 0.717) is 0 Å². The van der Waals surface area contributed by atoms with Crippen molar-refractivity contribution in [2.75, 3.05) is 10.6 Å². The van der Waals surface area contributed by atoms with Crippen LogP contribution in [-0.2, 0) is 26.2 Å². The quantitative estimate of drug-likeness (QED) is 0.271. The zero-order valence-electron chi connectivity index (χ0n) is 15.8. The zero-order valence-corrected chi connectivity index (χ0v) is 18.2. The van der Waals surface area contributed by atoms with Crippen LogP contribution in [0.3, 0.4) is 0 Å². The average molecular weight is 462 g/mol. The summed E-state index contributed by atoms with van der Waals surface area (Å²) < 4.78 is 0. The molecular weight excluding hydrogens is 440 g/mol. The van der Waals surface area contributed by atoms with Crippen LogP contribution in [0.4, 0.5) is 22.7 Å². The number of anilines is 4. The Morgan fingerprint density at radius 2 is 0.655 bits per heavy atom. The molecule has 4 N–H and O–H groups in total. The van der Waals surface area contributed by atoms with E-state index in [9.17, 15) is 0 Å². The van der Waals surface area contributed by atoms with E-state index in [1.54, 1.807) is 24.3 Å². The van der Waals surface area contributed by atoms with Gasteiger partial charge in [0.15, 0.2) is 0 Å². The number of para-hydroxylation sites is 2. The van der Waals surface area contributed by atoms with Crippen molar-refractivity contribution >= 4 is 22.7 Å². The number of nitrogens with one attached hydrogen (secondary N) is 2. The third-order valence-corrected chi connectivity index (χ3v) is 3.86. The van der Waals surface area contributed by atoms with E-state index in [1.165, 1.54) is 0 Å². The number of rotatable bonds is 4. The van der Waals surface area contributed by atoms with Crippen LogP contribution in [0.25, 0.3) is 0 Å². The second-order valence-electron chi connectivity index (χ2n) is 6.08. The molecule has 0 aliphatic heterocycles. The summed E-state index contributed by atoms with van der Waals surface area (Å²) in [6.45, 7) is 0. The molecule has 4 aromatic rings. The first-order chi connectivity index (χ1) is 13.7. The van der Waals surface area contributed by atoms with Gasteiger partial charge < -0.3 is 20.8 Å². The van der Waals surface area contributed by atoms with E-state index < -0.39 is 0 Å². The molecule has 4 aromatic carbocycles. The molecule has 0 amide bonds. The van der Waals surface area contributed by atoms with Crippen molar-refractivity contribution in [3.8, 4) is 11.5 Å². The van der Waals surface area contributed by atoms with E-state index in [2.05, 4.69) is 10.6 Å². The van der Waals surface area contributed by atoms with Crippen molar-refractivity contribution in [2.45, 2.75) is 0 Å². The summed E-state index contributed by atoms with van der Waals surface area (Å²) in [6.07, 6.45) is 0. The van der Waals surface area contributed by atoms with Gasteiger partial charge in [0.1, 0.15) is 11.5 Å². The third-order valence-electron chi connectivity index (χ3n) is 3.86. The molecule has 0 heterocycles. The van der Waals surface area contributed by atoms with Crippen molar-refractivity contribution in [2.24, 2.45) is 0 Å². The Morgan fingerprint density at radius 3 is 0.966 bits per heavy atom. The Hall–Kier alpha value is -3.04. The minimum absolute atomic E-state index is 0. The second kappa shape index (κ2) is 11.7. The van der Waals surface area contributed by atoms with Gasteiger partial charge in [0, 0.05) is 49.0 Å². The minimum Gasteiger partial charge on any atom is -0.508 e. The molecule has 0 aliphatic rings. The summed E-state index contributed by atoms with van der Waals surface area (Å²) in [5.41, 5.74) is 4.01. The van der Waals surface area contributed by atoms with Gasteiger partial charge in [0.2, 0.25) is 0 Å². The third kappa shape index (κ3) is 7.84. The fourth-order valence-electron chi connectivity index (χ4n) is 2.47. The molecule has 0 spiro atoms. The molecule has 0 radical (unpaired) electrons. The molecule has 5 heteroatoms. The maximum Gasteiger partial charge on any atom is 0.115 e. The van der Waals surface area contributed by atoms with Crippen LogP contribution in [0.5, 0.6) is 11.5 Å². The number of phenolic OH excluding ortho intramolecular Hbond substituents is 2.